The van der Waals surface area contributed by atoms with Gasteiger partial charge in [0.15, 0.2) is 0 Å². The highest BCUT2D eigenvalue weighted by Gasteiger charge is 2.12. The van der Waals surface area contributed by atoms with Crippen molar-refractivity contribution in [3.63, 3.8) is 0 Å². The van der Waals surface area contributed by atoms with Crippen LogP contribution in [-0.2, 0) is 22.5 Å². The number of carbonyl (C=O) groups excluding carboxylic acids is 1. The first kappa shape index (κ1) is 17.5. The van der Waals surface area contributed by atoms with Crippen LogP contribution in [0, 0.1) is 0 Å². The molecule has 2 aromatic carbocycles. The Hall–Kier alpha value is -2.92. The third-order valence-electron chi connectivity index (χ3n) is 4.81. The van der Waals surface area contributed by atoms with Crippen LogP contribution >= 0.6 is 0 Å². The Labute approximate surface area is 159 Å². The summed E-state index contributed by atoms with van der Waals surface area (Å²) in [5.41, 5.74) is 2.08. The Morgan fingerprint density at radius 3 is 2.67 bits per heavy atom. The quantitative estimate of drug-likeness (QED) is 0.759. The van der Waals surface area contributed by atoms with Gasteiger partial charge in [-0.1, -0.05) is 42.5 Å². The van der Waals surface area contributed by atoms with Gasteiger partial charge in [-0.2, -0.15) is 0 Å². The number of aromatic nitrogens is 1. The molecule has 1 amide bonds. The number of ether oxygens (including phenoxy) is 1. The molecular formula is C22H23N3O2. The molecular weight excluding hydrogens is 338 g/mol. The van der Waals surface area contributed by atoms with Crippen LogP contribution in [0.15, 0.2) is 60.8 Å². The number of morpholine rings is 1. The summed E-state index contributed by atoms with van der Waals surface area (Å²) in [6.45, 7) is 3.67. The predicted molar refractivity (Wildman–Crippen MR) is 107 cm³/mol. The number of hydrogen-bond acceptors (Lipinski definition) is 4. The lowest BCUT2D eigenvalue weighted by atomic mass is 10.0. The van der Waals surface area contributed by atoms with Gasteiger partial charge in [-0.25, -0.2) is 4.98 Å². The molecule has 0 saturated carbocycles. The van der Waals surface area contributed by atoms with Gasteiger partial charge in [0.25, 0.3) is 0 Å². The fourth-order valence-corrected chi connectivity index (χ4v) is 3.33. The van der Waals surface area contributed by atoms with Gasteiger partial charge in [0.05, 0.1) is 19.6 Å². The normalized spacial score (nSPS) is 14.3. The number of fused-ring (bicyclic) bond motifs is 1. The van der Waals surface area contributed by atoms with Gasteiger partial charge in [-0.15, -0.1) is 0 Å². The van der Waals surface area contributed by atoms with Gasteiger partial charge in [0, 0.05) is 25.8 Å². The van der Waals surface area contributed by atoms with Gasteiger partial charge in [0.1, 0.15) is 5.82 Å². The van der Waals surface area contributed by atoms with Gasteiger partial charge >= 0.3 is 0 Å². The van der Waals surface area contributed by atoms with E-state index in [0.29, 0.717) is 13.0 Å². The van der Waals surface area contributed by atoms with Crippen molar-refractivity contribution < 1.29 is 9.53 Å². The van der Waals surface area contributed by atoms with Crippen molar-refractivity contribution in [2.45, 2.75) is 13.0 Å². The highest BCUT2D eigenvalue weighted by molar-refractivity contribution is 5.85. The van der Waals surface area contributed by atoms with E-state index >= 15 is 0 Å². The fraction of sp³-hybridized carbons (Fsp3) is 0.273. The second-order valence-corrected chi connectivity index (χ2v) is 6.76. The molecule has 27 heavy (non-hydrogen) atoms. The molecule has 2 heterocycles. The lowest BCUT2D eigenvalue weighted by molar-refractivity contribution is -0.120. The summed E-state index contributed by atoms with van der Waals surface area (Å²) in [6, 6.07) is 18.3. The maximum absolute atomic E-state index is 12.4. The van der Waals surface area contributed by atoms with E-state index in [0.717, 1.165) is 48.6 Å². The van der Waals surface area contributed by atoms with Crippen molar-refractivity contribution in [3.05, 3.63) is 71.9 Å². The number of amides is 1. The molecule has 138 valence electrons. The zero-order valence-electron chi connectivity index (χ0n) is 15.2. The summed E-state index contributed by atoms with van der Waals surface area (Å²) in [4.78, 5) is 19.0. The average molecular weight is 361 g/mol. The van der Waals surface area contributed by atoms with Crippen LogP contribution in [0.5, 0.6) is 0 Å². The Bertz CT molecular complexity index is 935. The maximum atomic E-state index is 12.4. The first-order chi connectivity index (χ1) is 13.3. The highest BCUT2D eigenvalue weighted by Crippen LogP contribution is 2.16. The molecule has 5 nitrogen and oxygen atoms in total. The third-order valence-corrected chi connectivity index (χ3v) is 4.81. The number of nitrogens with zero attached hydrogens (tertiary/aromatic N) is 2. The van der Waals surface area contributed by atoms with Crippen LogP contribution in [0.4, 0.5) is 5.82 Å². The van der Waals surface area contributed by atoms with Crippen LogP contribution in [0.3, 0.4) is 0 Å². The van der Waals surface area contributed by atoms with Crippen LogP contribution in [0.2, 0.25) is 0 Å². The summed E-state index contributed by atoms with van der Waals surface area (Å²) in [6.07, 6.45) is 2.18. The number of anilines is 1. The van der Waals surface area contributed by atoms with Crippen LogP contribution in [-0.4, -0.2) is 37.2 Å². The fourth-order valence-electron chi connectivity index (χ4n) is 3.33. The third kappa shape index (κ3) is 4.44. The summed E-state index contributed by atoms with van der Waals surface area (Å²) in [5, 5.41) is 5.36. The average Bonchev–Trinajstić information content (AvgIpc) is 2.73. The number of pyridine rings is 1. The molecule has 0 atom stereocenters. The number of carbonyl (C=O) groups is 1. The van der Waals surface area contributed by atoms with E-state index in [-0.39, 0.29) is 5.91 Å². The van der Waals surface area contributed by atoms with E-state index in [2.05, 4.69) is 39.5 Å². The molecule has 1 aliphatic rings. The van der Waals surface area contributed by atoms with Crippen LogP contribution < -0.4 is 10.2 Å². The van der Waals surface area contributed by atoms with Crippen molar-refractivity contribution >= 4 is 22.5 Å². The van der Waals surface area contributed by atoms with E-state index in [1.165, 1.54) is 5.39 Å². The summed E-state index contributed by atoms with van der Waals surface area (Å²) in [5.74, 6) is 0.967. The molecule has 0 radical (unpaired) electrons. The second-order valence-electron chi connectivity index (χ2n) is 6.76. The minimum Gasteiger partial charge on any atom is -0.378 e. The molecule has 1 N–H and O–H groups in total. The van der Waals surface area contributed by atoms with E-state index in [1.807, 2.05) is 30.3 Å². The van der Waals surface area contributed by atoms with E-state index in [4.69, 9.17) is 4.74 Å². The highest BCUT2D eigenvalue weighted by atomic mass is 16.5. The molecule has 1 saturated heterocycles. The van der Waals surface area contributed by atoms with Crippen molar-refractivity contribution in [1.82, 2.24) is 10.3 Å². The topological polar surface area (TPSA) is 54.5 Å². The Morgan fingerprint density at radius 1 is 1.00 bits per heavy atom. The van der Waals surface area contributed by atoms with Crippen LogP contribution in [0.1, 0.15) is 11.1 Å². The van der Waals surface area contributed by atoms with Gasteiger partial charge in [-0.3, -0.25) is 4.79 Å². The second kappa shape index (κ2) is 8.18. The maximum Gasteiger partial charge on any atom is 0.224 e. The molecule has 0 bridgehead atoms. The molecule has 3 aromatic rings. The van der Waals surface area contributed by atoms with Crippen molar-refractivity contribution in [2.24, 2.45) is 0 Å². The van der Waals surface area contributed by atoms with Crippen LogP contribution in [0.25, 0.3) is 10.8 Å². The van der Waals surface area contributed by atoms with Gasteiger partial charge < -0.3 is 15.0 Å². The minimum atomic E-state index is 0.0232. The molecule has 0 spiro atoms. The molecule has 1 aliphatic heterocycles. The first-order valence-corrected chi connectivity index (χ1v) is 9.30. The SMILES string of the molecule is O=C(Cc1ccc2ccccc2c1)NCc1ccnc(N2CCOCC2)c1. The summed E-state index contributed by atoms with van der Waals surface area (Å²) < 4.78 is 5.39. The number of benzene rings is 2. The molecule has 0 unspecified atom stereocenters. The zero-order valence-corrected chi connectivity index (χ0v) is 15.2. The van der Waals surface area contributed by atoms with Crippen molar-refractivity contribution in [3.8, 4) is 0 Å². The number of nitrogens with one attached hydrogen (secondary N) is 1. The lowest BCUT2D eigenvalue weighted by Gasteiger charge is -2.28. The lowest BCUT2D eigenvalue weighted by Crippen LogP contribution is -2.36. The largest absolute Gasteiger partial charge is 0.378 e. The van der Waals surface area contributed by atoms with Gasteiger partial charge in [-0.05, 0) is 34.0 Å². The molecule has 1 aromatic heterocycles. The van der Waals surface area contributed by atoms with Crippen molar-refractivity contribution in [2.75, 3.05) is 31.2 Å². The summed E-state index contributed by atoms with van der Waals surface area (Å²) >= 11 is 0. The standard InChI is InChI=1S/C22H23N3O2/c26-22(15-17-5-6-19-3-1-2-4-20(19)13-17)24-16-18-7-8-23-21(14-18)25-9-11-27-12-10-25/h1-8,13-14H,9-12,15-16H2,(H,24,26). The van der Waals surface area contributed by atoms with Gasteiger partial charge in [0.2, 0.25) is 5.91 Å². The van der Waals surface area contributed by atoms with E-state index < -0.39 is 0 Å². The van der Waals surface area contributed by atoms with E-state index in [1.54, 1.807) is 6.20 Å². The Morgan fingerprint density at radius 2 is 1.81 bits per heavy atom. The predicted octanol–water partition coefficient (Wildman–Crippen LogP) is 2.93. The first-order valence-electron chi connectivity index (χ1n) is 9.30. The van der Waals surface area contributed by atoms with E-state index in [9.17, 15) is 4.79 Å². The Kier molecular flexibility index (Phi) is 5.30. The number of rotatable bonds is 5. The Balaban J connectivity index is 1.35. The molecule has 0 aliphatic carbocycles. The zero-order chi connectivity index (χ0) is 18.5. The molecule has 1 fully saturated rings. The monoisotopic (exact) mass is 361 g/mol. The summed E-state index contributed by atoms with van der Waals surface area (Å²) in [7, 11) is 0. The number of hydrogen-bond donors (Lipinski definition) is 1. The minimum absolute atomic E-state index is 0.0232. The molecule has 4 rings (SSSR count). The van der Waals surface area contributed by atoms with Crippen molar-refractivity contribution in [1.29, 1.82) is 0 Å². The smallest absolute Gasteiger partial charge is 0.224 e. The molecule has 5 heteroatoms.